The van der Waals surface area contributed by atoms with Crippen molar-refractivity contribution in [2.45, 2.75) is 45.6 Å². The molecule has 2 heteroatoms. The molecule has 1 aliphatic rings. The van der Waals surface area contributed by atoms with Gasteiger partial charge in [-0.3, -0.25) is 4.79 Å². The van der Waals surface area contributed by atoms with Crippen molar-refractivity contribution in [1.29, 1.82) is 0 Å². The zero-order chi connectivity index (χ0) is 12.7. The van der Waals surface area contributed by atoms with Crippen molar-refractivity contribution < 1.29 is 0 Å². The lowest BCUT2D eigenvalue weighted by atomic mass is 10.0. The van der Waals surface area contributed by atoms with Crippen molar-refractivity contribution in [2.75, 3.05) is 0 Å². The smallest absolute Gasteiger partial charge is 0.259 e. The maximum Gasteiger partial charge on any atom is 0.259 e. The molecule has 0 saturated heterocycles. The van der Waals surface area contributed by atoms with Gasteiger partial charge < -0.3 is 4.57 Å². The first kappa shape index (κ1) is 11.5. The molecule has 0 N–H and O–H groups in total. The molecule has 0 unspecified atom stereocenters. The van der Waals surface area contributed by atoms with Crippen molar-refractivity contribution in [1.82, 2.24) is 4.57 Å². The second-order valence-corrected chi connectivity index (χ2v) is 5.13. The summed E-state index contributed by atoms with van der Waals surface area (Å²) in [5.41, 5.74) is 2.59. The fourth-order valence-electron chi connectivity index (χ4n) is 2.80. The van der Waals surface area contributed by atoms with E-state index in [4.69, 9.17) is 0 Å². The highest BCUT2D eigenvalue weighted by molar-refractivity contribution is 5.85. The fraction of sp³-hybridized carbons (Fsp3) is 0.438. The van der Waals surface area contributed by atoms with Gasteiger partial charge in [-0.05, 0) is 42.7 Å². The normalized spacial score (nSPS) is 15.2. The first-order chi connectivity index (χ1) is 8.76. The molecule has 18 heavy (non-hydrogen) atoms. The Labute approximate surface area is 107 Å². The quantitative estimate of drug-likeness (QED) is 0.806. The van der Waals surface area contributed by atoms with Crippen LogP contribution in [0.25, 0.3) is 10.8 Å². The molecule has 1 aliphatic carbocycles. The molecule has 0 amide bonds. The van der Waals surface area contributed by atoms with E-state index in [0.717, 1.165) is 36.5 Å². The van der Waals surface area contributed by atoms with E-state index in [1.165, 1.54) is 11.3 Å². The summed E-state index contributed by atoms with van der Waals surface area (Å²) < 4.78 is 2.04. The highest BCUT2D eigenvalue weighted by Crippen LogP contribution is 2.35. The Balaban J connectivity index is 2.39. The third-order valence-corrected chi connectivity index (χ3v) is 3.90. The number of hydrogen-bond donors (Lipinski definition) is 0. The van der Waals surface area contributed by atoms with E-state index in [2.05, 4.69) is 38.1 Å². The van der Waals surface area contributed by atoms with Crippen LogP contribution in [-0.4, -0.2) is 4.57 Å². The number of pyridine rings is 1. The molecule has 1 saturated carbocycles. The van der Waals surface area contributed by atoms with E-state index in [-0.39, 0.29) is 5.56 Å². The van der Waals surface area contributed by atoms with Crippen LogP contribution in [0.4, 0.5) is 0 Å². The molecule has 0 spiro atoms. The van der Waals surface area contributed by atoms with Gasteiger partial charge in [0, 0.05) is 11.7 Å². The van der Waals surface area contributed by atoms with Crippen LogP contribution in [0.15, 0.2) is 29.1 Å². The third kappa shape index (κ3) is 1.67. The monoisotopic (exact) mass is 241 g/mol. The van der Waals surface area contributed by atoms with Crippen LogP contribution in [0.1, 0.15) is 44.0 Å². The Morgan fingerprint density at radius 1 is 1.22 bits per heavy atom. The summed E-state index contributed by atoms with van der Waals surface area (Å²) in [5, 5.41) is 2.04. The van der Waals surface area contributed by atoms with Crippen molar-refractivity contribution in [3.63, 3.8) is 0 Å². The molecule has 2 nitrogen and oxygen atoms in total. The third-order valence-electron chi connectivity index (χ3n) is 3.90. The summed E-state index contributed by atoms with van der Waals surface area (Å²) in [6.07, 6.45) is 4.17. The Kier molecular flexibility index (Phi) is 2.73. The molecule has 94 valence electrons. The Hall–Kier alpha value is -1.57. The van der Waals surface area contributed by atoms with Crippen LogP contribution in [-0.2, 0) is 12.8 Å². The summed E-state index contributed by atoms with van der Waals surface area (Å²) in [7, 11) is 0. The molecule has 0 aliphatic heterocycles. The van der Waals surface area contributed by atoms with Gasteiger partial charge in [-0.2, -0.15) is 0 Å². The van der Waals surface area contributed by atoms with E-state index in [9.17, 15) is 4.79 Å². The zero-order valence-electron chi connectivity index (χ0n) is 11.1. The van der Waals surface area contributed by atoms with Gasteiger partial charge in [0.05, 0.1) is 5.39 Å². The van der Waals surface area contributed by atoms with E-state index < -0.39 is 0 Å². The maximum atomic E-state index is 12.7. The van der Waals surface area contributed by atoms with Crippen molar-refractivity contribution in [3.8, 4) is 0 Å². The number of benzene rings is 1. The van der Waals surface area contributed by atoms with Gasteiger partial charge in [-0.15, -0.1) is 0 Å². The molecule has 1 fully saturated rings. The topological polar surface area (TPSA) is 22.0 Å². The van der Waals surface area contributed by atoms with Gasteiger partial charge in [0.1, 0.15) is 0 Å². The van der Waals surface area contributed by atoms with Crippen LogP contribution in [0.5, 0.6) is 0 Å². The second kappa shape index (κ2) is 4.27. The SMILES string of the molecule is CCc1cccc2cc(CC)n(C3CC3)c(=O)c12. The number of aromatic nitrogens is 1. The minimum atomic E-state index is 0.226. The van der Waals surface area contributed by atoms with Crippen LogP contribution in [0.2, 0.25) is 0 Å². The number of aryl methyl sites for hydroxylation is 2. The molecule has 2 aromatic rings. The molecule has 0 bridgehead atoms. The average molecular weight is 241 g/mol. The molecular weight excluding hydrogens is 222 g/mol. The molecular formula is C16H19NO. The van der Waals surface area contributed by atoms with E-state index in [1.807, 2.05) is 4.57 Å². The molecule has 0 radical (unpaired) electrons. The van der Waals surface area contributed by atoms with Gasteiger partial charge in [0.15, 0.2) is 0 Å². The Morgan fingerprint density at radius 2 is 2.00 bits per heavy atom. The molecule has 1 heterocycles. The predicted molar refractivity (Wildman–Crippen MR) is 75.2 cm³/mol. The average Bonchev–Trinajstić information content (AvgIpc) is 3.21. The first-order valence-electron chi connectivity index (χ1n) is 6.92. The number of nitrogens with zero attached hydrogens (tertiary/aromatic N) is 1. The summed E-state index contributed by atoms with van der Waals surface area (Å²) in [5.74, 6) is 0. The zero-order valence-corrected chi connectivity index (χ0v) is 11.1. The molecule has 0 atom stereocenters. The van der Waals surface area contributed by atoms with Crippen LogP contribution >= 0.6 is 0 Å². The minimum absolute atomic E-state index is 0.226. The van der Waals surface area contributed by atoms with E-state index >= 15 is 0 Å². The summed E-state index contributed by atoms with van der Waals surface area (Å²) >= 11 is 0. The largest absolute Gasteiger partial charge is 0.309 e. The van der Waals surface area contributed by atoms with Gasteiger partial charge >= 0.3 is 0 Å². The first-order valence-corrected chi connectivity index (χ1v) is 6.92. The summed E-state index contributed by atoms with van der Waals surface area (Å²) in [6.45, 7) is 4.24. The second-order valence-electron chi connectivity index (χ2n) is 5.13. The fourth-order valence-corrected chi connectivity index (χ4v) is 2.80. The van der Waals surface area contributed by atoms with Crippen LogP contribution < -0.4 is 5.56 Å². The minimum Gasteiger partial charge on any atom is -0.309 e. The van der Waals surface area contributed by atoms with E-state index in [1.54, 1.807) is 0 Å². The predicted octanol–water partition coefficient (Wildman–Crippen LogP) is 3.46. The van der Waals surface area contributed by atoms with Crippen LogP contribution in [0.3, 0.4) is 0 Å². The van der Waals surface area contributed by atoms with E-state index in [0.29, 0.717) is 6.04 Å². The van der Waals surface area contributed by atoms with Crippen LogP contribution in [0, 0.1) is 0 Å². The number of hydrogen-bond acceptors (Lipinski definition) is 1. The maximum absolute atomic E-state index is 12.7. The lowest BCUT2D eigenvalue weighted by Crippen LogP contribution is -2.23. The Bertz CT molecular complexity index is 650. The molecule has 1 aromatic carbocycles. The van der Waals surface area contributed by atoms with Crippen molar-refractivity contribution in [3.05, 3.63) is 45.9 Å². The van der Waals surface area contributed by atoms with Gasteiger partial charge in [0.2, 0.25) is 0 Å². The lowest BCUT2D eigenvalue weighted by molar-refractivity contribution is 0.670. The van der Waals surface area contributed by atoms with Crippen molar-refractivity contribution >= 4 is 10.8 Å². The molecule has 1 aromatic heterocycles. The van der Waals surface area contributed by atoms with Crippen molar-refractivity contribution in [2.24, 2.45) is 0 Å². The highest BCUT2D eigenvalue weighted by atomic mass is 16.1. The lowest BCUT2D eigenvalue weighted by Gasteiger charge is -2.14. The summed E-state index contributed by atoms with van der Waals surface area (Å²) in [6, 6.07) is 8.86. The van der Waals surface area contributed by atoms with Gasteiger partial charge in [-0.1, -0.05) is 32.0 Å². The highest BCUT2D eigenvalue weighted by Gasteiger charge is 2.27. The molecule has 3 rings (SSSR count). The van der Waals surface area contributed by atoms with Gasteiger partial charge in [-0.25, -0.2) is 0 Å². The summed E-state index contributed by atoms with van der Waals surface area (Å²) in [4.78, 5) is 12.7. The standard InChI is InChI=1S/C16H19NO/c1-3-11-6-5-7-12-10-13(4-2)17(14-8-9-14)16(18)15(11)12/h5-7,10,14H,3-4,8-9H2,1-2H3. The number of rotatable bonds is 3. The Morgan fingerprint density at radius 3 is 2.61 bits per heavy atom. The number of fused-ring (bicyclic) bond motifs is 1. The van der Waals surface area contributed by atoms with Gasteiger partial charge in [0.25, 0.3) is 5.56 Å².